The summed E-state index contributed by atoms with van der Waals surface area (Å²) < 4.78 is 0. The highest BCUT2D eigenvalue weighted by molar-refractivity contribution is 6.31. The van der Waals surface area contributed by atoms with Gasteiger partial charge in [-0.05, 0) is 55.2 Å². The number of phenolic OH excluding ortho intramolecular Hbond substituents is 1. The van der Waals surface area contributed by atoms with Crippen LogP contribution in [0.2, 0.25) is 0 Å². The van der Waals surface area contributed by atoms with Crippen LogP contribution in [0.5, 0.6) is 5.75 Å². The molecular formula is C24H28ClN3O2. The third kappa shape index (κ3) is 4.99. The van der Waals surface area contributed by atoms with E-state index >= 15 is 0 Å². The molecule has 0 aliphatic rings. The van der Waals surface area contributed by atoms with Gasteiger partial charge in [-0.15, -0.1) is 0 Å². The summed E-state index contributed by atoms with van der Waals surface area (Å²) in [7, 11) is 1.68. The Morgan fingerprint density at radius 3 is 2.73 bits per heavy atom. The van der Waals surface area contributed by atoms with Crippen molar-refractivity contribution >= 4 is 28.3 Å². The normalized spacial score (nSPS) is 14.0. The minimum Gasteiger partial charge on any atom is -0.505 e. The van der Waals surface area contributed by atoms with E-state index in [1.54, 1.807) is 19.3 Å². The number of rotatable bonds is 8. The van der Waals surface area contributed by atoms with Gasteiger partial charge in [0.15, 0.2) is 0 Å². The van der Waals surface area contributed by atoms with Crippen LogP contribution in [0.3, 0.4) is 0 Å². The molecular weight excluding hydrogens is 398 g/mol. The number of aromatic hydroxyl groups is 1. The average molecular weight is 426 g/mol. The fourth-order valence-corrected chi connectivity index (χ4v) is 3.44. The quantitative estimate of drug-likeness (QED) is 0.317. The maximum absolute atomic E-state index is 11.2. The predicted octanol–water partition coefficient (Wildman–Crippen LogP) is 4.97. The maximum atomic E-state index is 11.2. The summed E-state index contributed by atoms with van der Waals surface area (Å²) in [6.45, 7) is 11.5. The number of nitrogens with one attached hydrogen (secondary N) is 1. The van der Waals surface area contributed by atoms with Crippen LogP contribution in [-0.2, 0) is 6.42 Å². The third-order valence-electron chi connectivity index (χ3n) is 4.90. The number of aliphatic hydroxyl groups is 1. The first kappa shape index (κ1) is 23.4. The second kappa shape index (κ2) is 10.8. The highest BCUT2D eigenvalue weighted by atomic mass is 35.5. The molecule has 2 aromatic rings. The topological polar surface area (TPSA) is 77.7 Å². The van der Waals surface area contributed by atoms with E-state index in [1.807, 2.05) is 44.2 Å². The molecule has 1 heterocycles. The second-order valence-corrected chi connectivity index (χ2v) is 7.18. The maximum Gasteiger partial charge on any atom is 0.147 e. The van der Waals surface area contributed by atoms with Gasteiger partial charge in [-0.3, -0.25) is 9.98 Å². The molecule has 1 aromatic heterocycles. The number of halogens is 1. The molecule has 1 unspecified atom stereocenters. The summed E-state index contributed by atoms with van der Waals surface area (Å²) >= 11 is 6.20. The summed E-state index contributed by atoms with van der Waals surface area (Å²) in [5, 5.41) is 25.3. The lowest BCUT2D eigenvalue weighted by atomic mass is 9.90. The first-order valence-electron chi connectivity index (χ1n) is 9.63. The Kier molecular flexibility index (Phi) is 8.39. The lowest BCUT2D eigenvalue weighted by Gasteiger charge is -2.25. The van der Waals surface area contributed by atoms with Gasteiger partial charge in [-0.2, -0.15) is 0 Å². The van der Waals surface area contributed by atoms with E-state index in [2.05, 4.69) is 28.5 Å². The number of aliphatic hydroxyl groups excluding tert-OH is 1. The Hall–Kier alpha value is -2.89. The Labute approximate surface area is 182 Å². The van der Waals surface area contributed by atoms with Gasteiger partial charge in [0.25, 0.3) is 0 Å². The van der Waals surface area contributed by atoms with E-state index < -0.39 is 6.04 Å². The lowest BCUT2D eigenvalue weighted by molar-refractivity contribution is 0.300. The molecule has 6 heteroatoms. The monoisotopic (exact) mass is 425 g/mol. The van der Waals surface area contributed by atoms with Gasteiger partial charge in [-0.1, -0.05) is 43.0 Å². The second-order valence-electron chi connectivity index (χ2n) is 6.72. The molecule has 0 spiro atoms. The van der Waals surface area contributed by atoms with Gasteiger partial charge in [-0.25, -0.2) is 0 Å². The number of fused-ring (bicyclic) bond motifs is 1. The summed E-state index contributed by atoms with van der Waals surface area (Å²) in [6.07, 6.45) is 7.46. The zero-order chi connectivity index (χ0) is 22.3. The van der Waals surface area contributed by atoms with Gasteiger partial charge in [0.05, 0.1) is 6.04 Å². The van der Waals surface area contributed by atoms with Crippen molar-refractivity contribution in [2.75, 3.05) is 13.7 Å². The minimum absolute atomic E-state index is 0.0196. The molecule has 1 aromatic carbocycles. The fourth-order valence-electron chi connectivity index (χ4n) is 3.33. The average Bonchev–Trinajstić information content (AvgIpc) is 2.75. The minimum atomic E-state index is -0.517. The van der Waals surface area contributed by atoms with Crippen molar-refractivity contribution in [1.82, 2.24) is 10.3 Å². The van der Waals surface area contributed by atoms with Crippen LogP contribution in [0.1, 0.15) is 31.0 Å². The number of amidine groups is 1. The number of hydrogen-bond acceptors (Lipinski definition) is 4. The number of benzene rings is 1. The van der Waals surface area contributed by atoms with E-state index in [1.165, 1.54) is 0 Å². The van der Waals surface area contributed by atoms with Gasteiger partial charge in [0, 0.05) is 35.8 Å². The molecule has 30 heavy (non-hydrogen) atoms. The molecule has 5 nitrogen and oxygen atoms in total. The molecule has 3 N–H and O–H groups in total. The number of nitrogens with zero attached hydrogens (tertiary/aromatic N) is 2. The Balaban J connectivity index is 2.85. The highest BCUT2D eigenvalue weighted by Crippen LogP contribution is 2.39. The SMILES string of the molecule is C=C/C(=C(/C)C(=C)Cl)C(NC(/C=C\C)=NC)c1cc(CCO)c2cccnc2c1O. The Bertz CT molecular complexity index is 1040. The van der Waals surface area contributed by atoms with E-state index in [4.69, 9.17) is 11.6 Å². The van der Waals surface area contributed by atoms with E-state index in [-0.39, 0.29) is 12.4 Å². The number of phenols is 1. The zero-order valence-corrected chi connectivity index (χ0v) is 18.4. The van der Waals surface area contributed by atoms with Crippen LogP contribution in [0.15, 0.2) is 77.0 Å². The van der Waals surface area contributed by atoms with E-state index in [9.17, 15) is 10.2 Å². The smallest absolute Gasteiger partial charge is 0.147 e. The van der Waals surface area contributed by atoms with Crippen molar-refractivity contribution in [2.45, 2.75) is 26.3 Å². The zero-order valence-electron chi connectivity index (χ0n) is 17.6. The Morgan fingerprint density at radius 1 is 1.43 bits per heavy atom. The van der Waals surface area contributed by atoms with Crippen molar-refractivity contribution in [3.05, 3.63) is 83.1 Å². The van der Waals surface area contributed by atoms with Gasteiger partial charge in [0.2, 0.25) is 0 Å². The standard InChI is InChI=1S/C24H28ClN3O2/c1-6-9-21(26-5)28-22(18(7-2)15(3)16(4)25)20-14-17(11-13-29)19-10-8-12-27-23(19)24(20)30/h6-10,12,14,22,29-30H,2,4,11,13H2,1,3,5H3,(H,26,28)/b9-6-,18-15+. The van der Waals surface area contributed by atoms with Crippen molar-refractivity contribution in [3.8, 4) is 5.75 Å². The van der Waals surface area contributed by atoms with E-state index in [0.29, 0.717) is 28.4 Å². The fraction of sp³-hybridized carbons (Fsp3) is 0.250. The van der Waals surface area contributed by atoms with Crippen molar-refractivity contribution in [1.29, 1.82) is 0 Å². The number of hydrogen-bond donors (Lipinski definition) is 3. The highest BCUT2D eigenvalue weighted by Gasteiger charge is 2.24. The summed E-state index contributed by atoms with van der Waals surface area (Å²) in [5.74, 6) is 0.673. The number of aromatic nitrogens is 1. The van der Waals surface area contributed by atoms with Crippen LogP contribution in [0.4, 0.5) is 0 Å². The first-order valence-corrected chi connectivity index (χ1v) is 10.0. The number of allylic oxidation sites excluding steroid dienone is 3. The molecule has 0 aliphatic heterocycles. The summed E-state index contributed by atoms with van der Waals surface area (Å²) in [5.41, 5.74) is 3.43. The molecule has 0 bridgehead atoms. The molecule has 0 saturated heterocycles. The van der Waals surface area contributed by atoms with E-state index in [0.717, 1.165) is 22.1 Å². The largest absolute Gasteiger partial charge is 0.505 e. The van der Waals surface area contributed by atoms with Crippen molar-refractivity contribution < 1.29 is 10.2 Å². The Morgan fingerprint density at radius 2 is 2.17 bits per heavy atom. The number of aliphatic imine (C=N–C) groups is 1. The molecule has 1 atom stereocenters. The molecule has 158 valence electrons. The van der Waals surface area contributed by atoms with Crippen LogP contribution in [0.25, 0.3) is 10.9 Å². The van der Waals surface area contributed by atoms with Crippen molar-refractivity contribution in [3.63, 3.8) is 0 Å². The molecule has 0 radical (unpaired) electrons. The number of pyridine rings is 1. The van der Waals surface area contributed by atoms with Gasteiger partial charge in [0.1, 0.15) is 17.1 Å². The third-order valence-corrected chi connectivity index (χ3v) is 5.19. The van der Waals surface area contributed by atoms with Crippen LogP contribution < -0.4 is 5.32 Å². The van der Waals surface area contributed by atoms with Gasteiger partial charge >= 0.3 is 0 Å². The molecule has 0 amide bonds. The first-order chi connectivity index (χ1) is 14.4. The van der Waals surface area contributed by atoms with Crippen LogP contribution in [0, 0.1) is 0 Å². The summed E-state index contributed by atoms with van der Waals surface area (Å²) in [4.78, 5) is 8.66. The molecule has 0 aliphatic carbocycles. The van der Waals surface area contributed by atoms with Gasteiger partial charge < -0.3 is 15.5 Å². The van der Waals surface area contributed by atoms with Crippen LogP contribution >= 0.6 is 11.6 Å². The lowest BCUT2D eigenvalue weighted by Crippen LogP contribution is -2.29. The molecule has 2 rings (SSSR count). The predicted molar refractivity (Wildman–Crippen MR) is 126 cm³/mol. The molecule has 0 fully saturated rings. The molecule has 0 saturated carbocycles. The summed E-state index contributed by atoms with van der Waals surface area (Å²) in [6, 6.07) is 5.05. The van der Waals surface area contributed by atoms with Crippen molar-refractivity contribution in [2.24, 2.45) is 4.99 Å². The van der Waals surface area contributed by atoms with Crippen LogP contribution in [-0.4, -0.2) is 34.7 Å².